The molecule has 0 saturated heterocycles. The van der Waals surface area contributed by atoms with E-state index in [1.54, 1.807) is 18.2 Å². The van der Waals surface area contributed by atoms with Gasteiger partial charge in [-0.05, 0) is 18.2 Å². The number of carbonyl (C=O) groups is 1. The molecule has 2 nitrogen and oxygen atoms in total. The number of benzene rings is 1. The van der Waals surface area contributed by atoms with Gasteiger partial charge in [0.25, 0.3) is 0 Å². The largest absolute Gasteiger partial charge is 0.298 e. The maximum Gasteiger partial charge on any atom is 0.151 e. The molecule has 5 heteroatoms. The zero-order valence-corrected chi connectivity index (χ0v) is 10.7. The lowest BCUT2D eigenvalue weighted by atomic mass is 10.1. The minimum absolute atomic E-state index is 0.338. The zero-order chi connectivity index (χ0) is 12.4. The molecule has 0 amide bonds. The smallest absolute Gasteiger partial charge is 0.151 e. The molecule has 2 aromatic rings. The van der Waals surface area contributed by atoms with E-state index in [9.17, 15) is 4.79 Å². The summed E-state index contributed by atoms with van der Waals surface area (Å²) in [5, 5.41) is 1.26. The molecule has 0 aliphatic carbocycles. The Hall–Kier alpha value is -1.09. The standard InChI is InChI=1S/C12H6Cl3NO/c13-8-2-1-3-9(14)11(8)12-10(15)4-7(6-17)5-16-12/h1-6H. The fraction of sp³-hybridized carbons (Fsp3) is 0. The van der Waals surface area contributed by atoms with Crippen LogP contribution in [0.1, 0.15) is 10.4 Å². The fourth-order valence-corrected chi connectivity index (χ4v) is 2.27. The lowest BCUT2D eigenvalue weighted by Crippen LogP contribution is -1.90. The van der Waals surface area contributed by atoms with Gasteiger partial charge in [0.15, 0.2) is 6.29 Å². The van der Waals surface area contributed by atoms with Gasteiger partial charge in [-0.1, -0.05) is 40.9 Å². The van der Waals surface area contributed by atoms with Crippen molar-refractivity contribution in [2.45, 2.75) is 0 Å². The van der Waals surface area contributed by atoms with Crippen LogP contribution in [0.15, 0.2) is 30.5 Å². The normalized spacial score (nSPS) is 10.3. The van der Waals surface area contributed by atoms with E-state index in [0.29, 0.717) is 38.2 Å². The first-order valence-electron chi connectivity index (χ1n) is 4.68. The van der Waals surface area contributed by atoms with Crippen LogP contribution in [0.2, 0.25) is 15.1 Å². The average molecular weight is 287 g/mol. The molecule has 0 saturated carbocycles. The van der Waals surface area contributed by atoms with E-state index in [4.69, 9.17) is 34.8 Å². The van der Waals surface area contributed by atoms with E-state index in [2.05, 4.69) is 4.98 Å². The van der Waals surface area contributed by atoms with Crippen molar-refractivity contribution in [2.24, 2.45) is 0 Å². The molecule has 0 aliphatic rings. The predicted octanol–water partition coefficient (Wildman–Crippen LogP) is 4.52. The Kier molecular flexibility index (Phi) is 3.67. The van der Waals surface area contributed by atoms with Crippen molar-refractivity contribution >= 4 is 41.1 Å². The van der Waals surface area contributed by atoms with Crippen molar-refractivity contribution in [3.05, 3.63) is 51.1 Å². The van der Waals surface area contributed by atoms with Gasteiger partial charge in [0.2, 0.25) is 0 Å². The second-order valence-corrected chi connectivity index (χ2v) is 4.54. The first-order chi connectivity index (χ1) is 8.13. The van der Waals surface area contributed by atoms with Gasteiger partial charge < -0.3 is 0 Å². The number of nitrogens with zero attached hydrogens (tertiary/aromatic N) is 1. The van der Waals surface area contributed by atoms with Crippen LogP contribution in [0.3, 0.4) is 0 Å². The SMILES string of the molecule is O=Cc1cnc(-c2c(Cl)cccc2Cl)c(Cl)c1. The summed E-state index contributed by atoms with van der Waals surface area (Å²) < 4.78 is 0. The Labute approximate surface area is 113 Å². The zero-order valence-electron chi connectivity index (χ0n) is 8.45. The van der Waals surface area contributed by atoms with Gasteiger partial charge in [0.05, 0.1) is 20.8 Å². The summed E-state index contributed by atoms with van der Waals surface area (Å²) in [6.07, 6.45) is 2.10. The first kappa shape index (κ1) is 12.4. The minimum Gasteiger partial charge on any atom is -0.298 e. The summed E-state index contributed by atoms with van der Waals surface area (Å²) in [5.41, 5.74) is 1.44. The fourth-order valence-electron chi connectivity index (χ4n) is 1.43. The number of aldehydes is 1. The highest BCUT2D eigenvalue weighted by atomic mass is 35.5. The van der Waals surface area contributed by atoms with Crippen LogP contribution in [0.4, 0.5) is 0 Å². The summed E-state index contributed by atoms with van der Waals surface area (Å²) in [4.78, 5) is 14.7. The van der Waals surface area contributed by atoms with Crippen LogP contribution in [0.5, 0.6) is 0 Å². The third-order valence-corrected chi connectivity index (χ3v) is 3.12. The Bertz CT molecular complexity index is 564. The van der Waals surface area contributed by atoms with Gasteiger partial charge in [-0.2, -0.15) is 0 Å². The van der Waals surface area contributed by atoms with Gasteiger partial charge >= 0.3 is 0 Å². The molecular formula is C12H6Cl3NO. The molecule has 0 bridgehead atoms. The summed E-state index contributed by atoms with van der Waals surface area (Å²) in [6.45, 7) is 0. The highest BCUT2D eigenvalue weighted by Crippen LogP contribution is 2.36. The van der Waals surface area contributed by atoms with Crippen molar-refractivity contribution in [1.82, 2.24) is 4.98 Å². The summed E-state index contributed by atoms with van der Waals surface area (Å²) in [7, 11) is 0. The molecule has 0 radical (unpaired) electrons. The molecule has 0 spiro atoms. The van der Waals surface area contributed by atoms with Crippen molar-refractivity contribution in [3.8, 4) is 11.3 Å². The number of hydrogen-bond donors (Lipinski definition) is 0. The molecule has 0 unspecified atom stereocenters. The lowest BCUT2D eigenvalue weighted by molar-refractivity contribution is 0.112. The molecule has 2 rings (SSSR count). The Morgan fingerprint density at radius 2 is 1.71 bits per heavy atom. The molecule has 86 valence electrons. The van der Waals surface area contributed by atoms with Gasteiger partial charge in [-0.15, -0.1) is 0 Å². The van der Waals surface area contributed by atoms with E-state index >= 15 is 0 Å². The molecule has 1 heterocycles. The van der Waals surface area contributed by atoms with Gasteiger partial charge in [-0.25, -0.2) is 0 Å². The second-order valence-electron chi connectivity index (χ2n) is 3.31. The predicted molar refractivity (Wildman–Crippen MR) is 70.1 cm³/mol. The molecule has 0 fully saturated rings. The van der Waals surface area contributed by atoms with Crippen molar-refractivity contribution < 1.29 is 4.79 Å². The summed E-state index contributed by atoms with van der Waals surface area (Å²) in [6, 6.07) is 6.67. The number of pyridine rings is 1. The summed E-state index contributed by atoms with van der Waals surface area (Å²) in [5.74, 6) is 0. The molecule has 1 aromatic carbocycles. The number of rotatable bonds is 2. The van der Waals surface area contributed by atoms with Crippen LogP contribution in [0.25, 0.3) is 11.3 Å². The maximum absolute atomic E-state index is 10.6. The van der Waals surface area contributed by atoms with E-state index in [1.165, 1.54) is 12.3 Å². The molecule has 0 aliphatic heterocycles. The first-order valence-corrected chi connectivity index (χ1v) is 5.82. The van der Waals surface area contributed by atoms with Crippen LogP contribution in [0, 0.1) is 0 Å². The summed E-state index contributed by atoms with van der Waals surface area (Å²) >= 11 is 18.2. The van der Waals surface area contributed by atoms with Gasteiger partial charge in [-0.3, -0.25) is 9.78 Å². The average Bonchev–Trinajstić information content (AvgIpc) is 2.30. The number of hydrogen-bond acceptors (Lipinski definition) is 2. The van der Waals surface area contributed by atoms with Crippen molar-refractivity contribution in [1.29, 1.82) is 0 Å². The van der Waals surface area contributed by atoms with Crippen LogP contribution in [-0.2, 0) is 0 Å². The van der Waals surface area contributed by atoms with E-state index in [1.807, 2.05) is 0 Å². The number of halogens is 3. The van der Waals surface area contributed by atoms with Crippen molar-refractivity contribution in [3.63, 3.8) is 0 Å². The molecule has 0 atom stereocenters. The Morgan fingerprint density at radius 3 is 2.24 bits per heavy atom. The topological polar surface area (TPSA) is 30.0 Å². The quantitative estimate of drug-likeness (QED) is 0.760. The minimum atomic E-state index is 0.338. The number of carbonyl (C=O) groups excluding carboxylic acids is 1. The van der Waals surface area contributed by atoms with Gasteiger partial charge in [0, 0.05) is 17.3 Å². The highest BCUT2D eigenvalue weighted by molar-refractivity contribution is 6.40. The monoisotopic (exact) mass is 285 g/mol. The van der Waals surface area contributed by atoms with Crippen LogP contribution in [-0.4, -0.2) is 11.3 Å². The van der Waals surface area contributed by atoms with Crippen LogP contribution >= 0.6 is 34.8 Å². The lowest BCUT2D eigenvalue weighted by Gasteiger charge is -2.08. The van der Waals surface area contributed by atoms with Gasteiger partial charge in [0.1, 0.15) is 0 Å². The maximum atomic E-state index is 10.6. The van der Waals surface area contributed by atoms with Crippen molar-refractivity contribution in [2.75, 3.05) is 0 Å². The molecular weight excluding hydrogens is 280 g/mol. The van der Waals surface area contributed by atoms with E-state index < -0.39 is 0 Å². The number of aromatic nitrogens is 1. The molecule has 1 aromatic heterocycles. The molecule has 17 heavy (non-hydrogen) atoms. The Morgan fingerprint density at radius 1 is 1.06 bits per heavy atom. The van der Waals surface area contributed by atoms with Crippen LogP contribution < -0.4 is 0 Å². The Balaban J connectivity index is 2.65. The second kappa shape index (κ2) is 5.05. The third-order valence-electron chi connectivity index (χ3n) is 2.20. The highest BCUT2D eigenvalue weighted by Gasteiger charge is 2.13. The van der Waals surface area contributed by atoms with E-state index in [-0.39, 0.29) is 0 Å². The third kappa shape index (κ3) is 2.44. The molecule has 0 N–H and O–H groups in total. The van der Waals surface area contributed by atoms with E-state index in [0.717, 1.165) is 0 Å².